The Morgan fingerprint density at radius 2 is 2.14 bits per heavy atom. The van der Waals surface area contributed by atoms with Gasteiger partial charge in [-0.25, -0.2) is 0 Å². The molecule has 0 saturated heterocycles. The molecule has 0 aliphatic carbocycles. The summed E-state index contributed by atoms with van der Waals surface area (Å²) >= 11 is 11.6. The Morgan fingerprint density at radius 1 is 1.50 bits per heavy atom. The van der Waals surface area contributed by atoms with Gasteiger partial charge >= 0.3 is 0 Å². The summed E-state index contributed by atoms with van der Waals surface area (Å²) in [6.45, 7) is 0. The van der Waals surface area contributed by atoms with Gasteiger partial charge in [-0.2, -0.15) is 0 Å². The zero-order valence-electron chi connectivity index (χ0n) is 6.73. The number of aromatic amines is 1. The number of nitrogens with one attached hydrogen (secondary N) is 2. The summed E-state index contributed by atoms with van der Waals surface area (Å²) in [5, 5.41) is 2.10. The number of aromatic nitrogens is 1. The maximum absolute atomic E-state index is 11.3. The van der Waals surface area contributed by atoms with Crippen molar-refractivity contribution in [3.05, 3.63) is 20.8 Å². The van der Waals surface area contributed by atoms with Crippen molar-refractivity contribution in [2.45, 2.75) is 0 Å². The van der Waals surface area contributed by atoms with Gasteiger partial charge in [-0.15, -0.1) is 11.6 Å². The number of amides is 2. The maximum Gasteiger partial charge on any atom is 0.274 e. The van der Waals surface area contributed by atoms with Crippen LogP contribution in [0.1, 0.15) is 10.5 Å². The molecule has 0 unspecified atom stereocenters. The Kier molecular flexibility index (Phi) is 4.15. The van der Waals surface area contributed by atoms with Gasteiger partial charge in [0.1, 0.15) is 11.6 Å². The van der Waals surface area contributed by atoms with E-state index >= 15 is 0 Å². The first-order chi connectivity index (χ1) is 6.54. The molecule has 1 rings (SSSR count). The summed E-state index contributed by atoms with van der Waals surface area (Å²) in [6.07, 6.45) is 0. The van der Waals surface area contributed by atoms with Crippen molar-refractivity contribution < 1.29 is 9.59 Å². The van der Waals surface area contributed by atoms with Crippen molar-refractivity contribution in [1.29, 1.82) is 0 Å². The monoisotopic (exact) mass is 342 g/mol. The highest BCUT2D eigenvalue weighted by Crippen LogP contribution is 2.22. The minimum Gasteiger partial charge on any atom is -0.344 e. The molecule has 0 saturated carbocycles. The van der Waals surface area contributed by atoms with Crippen LogP contribution in [0.2, 0.25) is 0 Å². The van der Waals surface area contributed by atoms with Gasteiger partial charge in [0.05, 0.1) is 9.08 Å². The molecule has 1 aromatic rings. The van der Waals surface area contributed by atoms with Gasteiger partial charge in [0.15, 0.2) is 0 Å². The molecule has 0 fully saturated rings. The average molecular weight is 344 g/mol. The topological polar surface area (TPSA) is 62.0 Å². The van der Waals surface area contributed by atoms with Crippen molar-refractivity contribution >= 4 is 55.3 Å². The second kappa shape index (κ2) is 4.95. The lowest BCUT2D eigenvalue weighted by Gasteiger charge is -1.97. The zero-order valence-corrected chi connectivity index (χ0v) is 10.7. The molecule has 1 aromatic heterocycles. The van der Waals surface area contributed by atoms with Crippen molar-refractivity contribution in [3.8, 4) is 0 Å². The van der Waals surface area contributed by atoms with E-state index in [9.17, 15) is 9.59 Å². The summed E-state index contributed by atoms with van der Waals surface area (Å²) in [5.74, 6) is -1.28. The summed E-state index contributed by atoms with van der Waals surface area (Å²) in [5.41, 5.74) is 0.280. The lowest BCUT2D eigenvalue weighted by atomic mass is 10.4. The highest BCUT2D eigenvalue weighted by Gasteiger charge is 2.13. The molecule has 0 spiro atoms. The third-order valence-electron chi connectivity index (χ3n) is 1.34. The lowest BCUT2D eigenvalue weighted by Crippen LogP contribution is -2.31. The molecule has 14 heavy (non-hydrogen) atoms. The first-order valence-electron chi connectivity index (χ1n) is 3.48. The highest BCUT2D eigenvalue weighted by atomic mass is 79.9. The molecule has 7 heteroatoms. The van der Waals surface area contributed by atoms with Crippen LogP contribution in [0.3, 0.4) is 0 Å². The fourth-order valence-corrected chi connectivity index (χ4v) is 1.48. The predicted molar refractivity (Wildman–Crippen MR) is 59.4 cm³/mol. The Bertz CT molecular complexity index is 358. The Morgan fingerprint density at radius 3 is 2.57 bits per heavy atom. The SMILES string of the molecule is O=C(CCl)NC(=O)c1cc(Br)c(Br)[nH]1. The Balaban J connectivity index is 2.75. The van der Waals surface area contributed by atoms with E-state index in [0.29, 0.717) is 9.08 Å². The van der Waals surface area contributed by atoms with E-state index < -0.39 is 11.8 Å². The van der Waals surface area contributed by atoms with E-state index in [2.05, 4.69) is 42.2 Å². The van der Waals surface area contributed by atoms with Gasteiger partial charge < -0.3 is 4.98 Å². The smallest absolute Gasteiger partial charge is 0.274 e. The molecule has 1 heterocycles. The molecule has 0 aliphatic rings. The van der Waals surface area contributed by atoms with Crippen LogP contribution in [0.4, 0.5) is 0 Å². The normalized spacial score (nSPS) is 9.93. The third kappa shape index (κ3) is 2.83. The largest absolute Gasteiger partial charge is 0.344 e. The third-order valence-corrected chi connectivity index (χ3v) is 3.37. The van der Waals surface area contributed by atoms with E-state index in [-0.39, 0.29) is 11.6 Å². The summed E-state index contributed by atoms with van der Waals surface area (Å²) in [6, 6.07) is 1.56. The Labute approximate surface area is 102 Å². The second-order valence-electron chi connectivity index (χ2n) is 2.36. The number of imide groups is 1. The standard InChI is InChI=1S/C7H5Br2ClN2O2/c8-3-1-4(11-6(3)9)7(14)12-5(13)2-10/h1,11H,2H2,(H,12,13,14). The van der Waals surface area contributed by atoms with E-state index in [4.69, 9.17) is 11.6 Å². The van der Waals surface area contributed by atoms with E-state index in [1.54, 1.807) is 6.07 Å². The molecule has 0 aliphatic heterocycles. The molecule has 2 N–H and O–H groups in total. The van der Waals surface area contributed by atoms with Crippen LogP contribution >= 0.6 is 43.5 Å². The number of alkyl halides is 1. The van der Waals surface area contributed by atoms with Crippen molar-refractivity contribution in [2.24, 2.45) is 0 Å². The van der Waals surface area contributed by atoms with Crippen LogP contribution in [0.15, 0.2) is 15.1 Å². The summed E-state index contributed by atoms with van der Waals surface area (Å²) in [4.78, 5) is 24.8. The second-order valence-corrected chi connectivity index (χ2v) is 4.27. The van der Waals surface area contributed by atoms with Gasteiger partial charge in [0, 0.05) is 0 Å². The predicted octanol–water partition coefficient (Wildman–Crippen LogP) is 2.03. The van der Waals surface area contributed by atoms with Gasteiger partial charge in [-0.3, -0.25) is 14.9 Å². The number of carbonyl (C=O) groups excluding carboxylic acids is 2. The van der Waals surface area contributed by atoms with Crippen LogP contribution in [0.25, 0.3) is 0 Å². The van der Waals surface area contributed by atoms with Gasteiger partial charge in [0.25, 0.3) is 5.91 Å². The number of H-pyrrole nitrogens is 1. The minimum atomic E-state index is -0.529. The van der Waals surface area contributed by atoms with Crippen LogP contribution in [0.5, 0.6) is 0 Å². The molecule has 0 bridgehead atoms. The van der Waals surface area contributed by atoms with Gasteiger partial charge in [-0.1, -0.05) is 0 Å². The van der Waals surface area contributed by atoms with Crippen molar-refractivity contribution in [3.63, 3.8) is 0 Å². The fraction of sp³-hybridized carbons (Fsp3) is 0.143. The number of rotatable bonds is 2. The lowest BCUT2D eigenvalue weighted by molar-refractivity contribution is -0.117. The molecule has 76 valence electrons. The number of hydrogen-bond acceptors (Lipinski definition) is 2. The fourth-order valence-electron chi connectivity index (χ4n) is 0.754. The average Bonchev–Trinajstić information content (AvgIpc) is 2.47. The number of hydrogen-bond donors (Lipinski definition) is 2. The molecule has 0 atom stereocenters. The van der Waals surface area contributed by atoms with Gasteiger partial charge in [0.2, 0.25) is 5.91 Å². The minimum absolute atomic E-state index is 0.241. The van der Waals surface area contributed by atoms with Gasteiger partial charge in [-0.05, 0) is 37.9 Å². The van der Waals surface area contributed by atoms with Crippen LogP contribution in [-0.4, -0.2) is 22.7 Å². The molecular weight excluding hydrogens is 339 g/mol. The quantitative estimate of drug-likeness (QED) is 0.807. The number of halogens is 3. The highest BCUT2D eigenvalue weighted by molar-refractivity contribution is 9.13. The van der Waals surface area contributed by atoms with E-state index in [1.807, 2.05) is 0 Å². The molecule has 4 nitrogen and oxygen atoms in total. The van der Waals surface area contributed by atoms with Crippen LogP contribution in [0, 0.1) is 0 Å². The summed E-state index contributed by atoms with van der Waals surface area (Å²) < 4.78 is 1.35. The van der Waals surface area contributed by atoms with E-state index in [1.165, 1.54) is 0 Å². The summed E-state index contributed by atoms with van der Waals surface area (Å²) in [7, 11) is 0. The molecule has 0 aromatic carbocycles. The number of carbonyl (C=O) groups is 2. The maximum atomic E-state index is 11.3. The van der Waals surface area contributed by atoms with Crippen molar-refractivity contribution in [1.82, 2.24) is 10.3 Å². The first-order valence-corrected chi connectivity index (χ1v) is 5.60. The first kappa shape index (κ1) is 11.7. The Hall–Kier alpha value is -0.330. The van der Waals surface area contributed by atoms with Crippen LogP contribution in [-0.2, 0) is 4.79 Å². The molecule has 2 amide bonds. The molecule has 0 radical (unpaired) electrons. The van der Waals surface area contributed by atoms with E-state index in [0.717, 1.165) is 0 Å². The zero-order chi connectivity index (χ0) is 10.7. The van der Waals surface area contributed by atoms with Crippen LogP contribution < -0.4 is 5.32 Å². The van der Waals surface area contributed by atoms with Crippen molar-refractivity contribution in [2.75, 3.05) is 5.88 Å². The molecular formula is C7H5Br2ClN2O2.